The molecule has 2 saturated heterocycles. The number of carbonyl (C=O) groups excluding carboxylic acids is 2. The Morgan fingerprint density at radius 2 is 1.34 bits per heavy atom. The summed E-state index contributed by atoms with van der Waals surface area (Å²) in [5, 5.41) is 11.4. The molecule has 0 bridgehead atoms. The third-order valence-corrected chi connectivity index (χ3v) is 7.89. The number of piperazine rings is 1. The lowest BCUT2D eigenvalue weighted by atomic mass is 9.80. The van der Waals surface area contributed by atoms with Crippen LogP contribution in [-0.2, 0) is 10.3 Å². The van der Waals surface area contributed by atoms with Crippen molar-refractivity contribution >= 4 is 17.6 Å². The topological polar surface area (TPSA) is 90.1 Å². The van der Waals surface area contributed by atoms with Crippen LogP contribution in [0.2, 0.25) is 0 Å². The van der Waals surface area contributed by atoms with Crippen molar-refractivity contribution < 1.29 is 19.3 Å². The highest BCUT2D eigenvalue weighted by Gasteiger charge is 2.72. The zero-order valence-electron chi connectivity index (χ0n) is 21.8. The van der Waals surface area contributed by atoms with Gasteiger partial charge in [-0.05, 0) is 19.1 Å². The number of amides is 3. The molecule has 3 aromatic carbocycles. The fourth-order valence-electron chi connectivity index (χ4n) is 6.05. The molecule has 8 heteroatoms. The number of urea groups is 1. The molecule has 38 heavy (non-hydrogen) atoms. The van der Waals surface area contributed by atoms with Gasteiger partial charge >= 0.3 is 11.9 Å². The van der Waals surface area contributed by atoms with E-state index < -0.39 is 22.3 Å². The summed E-state index contributed by atoms with van der Waals surface area (Å²) in [6.45, 7) is 5.51. The monoisotopic (exact) mass is 514 g/mol. The predicted molar refractivity (Wildman–Crippen MR) is 147 cm³/mol. The minimum absolute atomic E-state index is 0.0935. The van der Waals surface area contributed by atoms with E-state index in [0.29, 0.717) is 17.7 Å². The van der Waals surface area contributed by atoms with Gasteiger partial charge in [0, 0.05) is 56.1 Å². The zero-order valence-corrected chi connectivity index (χ0v) is 21.8. The van der Waals surface area contributed by atoms with Crippen molar-refractivity contribution in [2.45, 2.75) is 18.6 Å². The highest BCUT2D eigenvalue weighted by atomic mass is 16.3. The van der Waals surface area contributed by atoms with E-state index in [9.17, 15) is 14.7 Å². The van der Waals surface area contributed by atoms with Crippen LogP contribution in [0.3, 0.4) is 0 Å². The van der Waals surface area contributed by atoms with Crippen molar-refractivity contribution in [3.05, 3.63) is 102 Å². The average molecular weight is 515 g/mol. The normalized spacial score (nSPS) is 22.6. The Kier molecular flexibility index (Phi) is 7.32. The smallest absolute Gasteiger partial charge is 0.386 e. The van der Waals surface area contributed by atoms with Crippen LogP contribution < -0.4 is 10.7 Å². The summed E-state index contributed by atoms with van der Waals surface area (Å²) >= 11 is 0. The molecule has 3 amide bonds. The number of imide groups is 1. The van der Waals surface area contributed by atoms with E-state index in [4.69, 9.17) is 5.84 Å². The van der Waals surface area contributed by atoms with Crippen LogP contribution in [0.5, 0.6) is 0 Å². The van der Waals surface area contributed by atoms with Crippen LogP contribution in [0.1, 0.15) is 18.1 Å². The molecule has 198 valence electrons. The van der Waals surface area contributed by atoms with Gasteiger partial charge in [0.15, 0.2) is 0 Å². The van der Waals surface area contributed by atoms with Gasteiger partial charge in [0.2, 0.25) is 0 Å². The van der Waals surface area contributed by atoms with Crippen molar-refractivity contribution in [3.63, 3.8) is 0 Å². The Balaban J connectivity index is 1.43. The second-order valence-electron chi connectivity index (χ2n) is 10.1. The van der Waals surface area contributed by atoms with E-state index in [0.717, 1.165) is 26.2 Å². The Labute approximate surface area is 224 Å². The summed E-state index contributed by atoms with van der Waals surface area (Å²) in [5.41, 5.74) is 0.955. The van der Waals surface area contributed by atoms with Gasteiger partial charge in [-0.2, -0.15) is 5.84 Å². The molecule has 0 aliphatic carbocycles. The maximum atomic E-state index is 14.1. The number of nitrogens with two attached hydrogens (primary N) is 1. The number of carbonyl (C=O) groups is 2. The first kappa shape index (κ1) is 26.1. The van der Waals surface area contributed by atoms with E-state index >= 15 is 0 Å². The zero-order chi connectivity index (χ0) is 26.8. The molecular formula is C30H36N5O3+. The minimum atomic E-state index is -1.50. The van der Waals surface area contributed by atoms with Crippen molar-refractivity contribution in [1.82, 2.24) is 9.80 Å². The van der Waals surface area contributed by atoms with Crippen LogP contribution in [0.4, 0.5) is 10.5 Å². The largest absolute Gasteiger partial charge is 0.446 e. The number of benzene rings is 3. The maximum absolute atomic E-state index is 14.1. The summed E-state index contributed by atoms with van der Waals surface area (Å²) < 4.78 is -0.737. The quantitative estimate of drug-likeness (QED) is 0.208. The second kappa shape index (κ2) is 10.7. The molecular weight excluding hydrogens is 478 g/mol. The number of β-amino-alcohol motifs (C(OH)–C–C–N with tert-alkyl or cyclic N) is 1. The van der Waals surface area contributed by atoms with Gasteiger partial charge < -0.3 is 10.0 Å². The first-order chi connectivity index (χ1) is 18.4. The fourth-order valence-corrected chi connectivity index (χ4v) is 6.05. The van der Waals surface area contributed by atoms with Crippen LogP contribution in [0.25, 0.3) is 0 Å². The van der Waals surface area contributed by atoms with Crippen molar-refractivity contribution in [3.8, 4) is 0 Å². The molecule has 2 atom stereocenters. The number of quaternary nitrogens is 1. The van der Waals surface area contributed by atoms with Gasteiger partial charge in [0.1, 0.15) is 12.6 Å². The third kappa shape index (κ3) is 4.29. The van der Waals surface area contributed by atoms with E-state index in [1.165, 1.54) is 10.6 Å². The molecule has 0 aromatic heterocycles. The summed E-state index contributed by atoms with van der Waals surface area (Å²) in [4.78, 5) is 33.8. The SMILES string of the molecule is CCN1C(=O)C(c2ccccc2)(c2ccccc2)[N+](N)(CC(O)CN2CCN(c3ccccc3)CC2)C1=O. The number of aliphatic hydroxyl groups is 1. The Morgan fingerprint density at radius 3 is 1.84 bits per heavy atom. The highest BCUT2D eigenvalue weighted by Crippen LogP contribution is 2.46. The van der Waals surface area contributed by atoms with Crippen LogP contribution >= 0.6 is 0 Å². The lowest BCUT2D eigenvalue weighted by molar-refractivity contribution is -0.903. The number of nitrogens with zero attached hydrogens (tertiary/aromatic N) is 4. The molecule has 0 radical (unpaired) electrons. The second-order valence-corrected chi connectivity index (χ2v) is 10.1. The molecule has 0 saturated carbocycles. The molecule has 2 aliphatic rings. The number of rotatable bonds is 8. The van der Waals surface area contributed by atoms with E-state index in [1.807, 2.05) is 78.9 Å². The summed E-state index contributed by atoms with van der Waals surface area (Å²) in [5.74, 6) is 6.68. The molecule has 0 spiro atoms. The first-order valence-electron chi connectivity index (χ1n) is 13.3. The van der Waals surface area contributed by atoms with E-state index in [2.05, 4.69) is 21.9 Å². The van der Waals surface area contributed by atoms with Crippen LogP contribution in [-0.4, -0.2) is 83.4 Å². The van der Waals surface area contributed by atoms with E-state index in [1.54, 1.807) is 6.92 Å². The summed E-state index contributed by atoms with van der Waals surface area (Å²) in [7, 11) is 0. The third-order valence-electron chi connectivity index (χ3n) is 7.89. The molecule has 2 fully saturated rings. The Hall–Kier alpha value is -3.56. The molecule has 2 heterocycles. The Morgan fingerprint density at radius 1 is 0.842 bits per heavy atom. The average Bonchev–Trinajstić information content (AvgIpc) is 3.12. The molecule has 8 nitrogen and oxygen atoms in total. The number of hydrogen-bond donors (Lipinski definition) is 2. The highest BCUT2D eigenvalue weighted by molar-refractivity contribution is 6.05. The standard InChI is InChI=1S/C30H36N5O3/c1-2-34-28(37)30(24-12-6-3-7-13-24,25-14-8-4-9-15-25)35(31,29(34)38)23-27(36)22-32-18-20-33(21-19-32)26-16-10-5-11-17-26/h3-17,27,36H,2,18-23,31H2,1H3/q+1. The van der Waals surface area contributed by atoms with Crippen molar-refractivity contribution in [1.29, 1.82) is 0 Å². The number of aliphatic hydroxyl groups excluding tert-OH is 1. The molecule has 2 unspecified atom stereocenters. The number of anilines is 1. The maximum Gasteiger partial charge on any atom is 0.446 e. The van der Waals surface area contributed by atoms with Gasteiger partial charge in [0.05, 0.1) is 0 Å². The lowest BCUT2D eigenvalue weighted by Gasteiger charge is -2.42. The van der Waals surface area contributed by atoms with Gasteiger partial charge in [-0.25, -0.2) is 9.69 Å². The van der Waals surface area contributed by atoms with Gasteiger partial charge in [-0.1, -0.05) is 78.9 Å². The number of hydrogen-bond acceptors (Lipinski definition) is 6. The van der Waals surface area contributed by atoms with Crippen LogP contribution in [0, 0.1) is 0 Å². The first-order valence-corrected chi connectivity index (χ1v) is 13.3. The summed E-state index contributed by atoms with van der Waals surface area (Å²) in [6, 6.07) is 28.3. The van der Waals surface area contributed by atoms with Crippen molar-refractivity contribution in [2.75, 3.05) is 50.7 Å². The lowest BCUT2D eigenvalue weighted by Crippen LogP contribution is -2.70. The molecule has 3 aromatic rings. The van der Waals surface area contributed by atoms with Crippen molar-refractivity contribution in [2.24, 2.45) is 5.84 Å². The van der Waals surface area contributed by atoms with Gasteiger partial charge in [0.25, 0.3) is 5.54 Å². The van der Waals surface area contributed by atoms with Crippen LogP contribution in [0.15, 0.2) is 91.0 Å². The Bertz CT molecular complexity index is 1210. The molecule has 5 rings (SSSR count). The number of para-hydroxylation sites is 1. The molecule has 2 aliphatic heterocycles. The fraction of sp³-hybridized carbons (Fsp3) is 0.333. The number of likely N-dealkylation sites (N-methyl/N-ethyl adjacent to an activating group) is 1. The molecule has 3 N–H and O–H groups in total. The summed E-state index contributed by atoms with van der Waals surface area (Å²) in [6.07, 6.45) is -0.913. The van der Waals surface area contributed by atoms with Gasteiger partial charge in [-0.3, -0.25) is 9.69 Å². The predicted octanol–water partition coefficient (Wildman–Crippen LogP) is 2.79. The minimum Gasteiger partial charge on any atom is -0.386 e. The van der Waals surface area contributed by atoms with E-state index in [-0.39, 0.29) is 19.0 Å². The van der Waals surface area contributed by atoms with Gasteiger partial charge in [-0.15, -0.1) is 4.59 Å².